The highest BCUT2D eigenvalue weighted by atomic mass is 19.1. The summed E-state index contributed by atoms with van der Waals surface area (Å²) in [5, 5.41) is 9.19. The third-order valence-corrected chi connectivity index (χ3v) is 3.76. The van der Waals surface area contributed by atoms with Crippen LogP contribution in [0, 0.1) is 12.7 Å². The molecule has 122 valence electrons. The van der Waals surface area contributed by atoms with Gasteiger partial charge in [0.1, 0.15) is 11.6 Å². The summed E-state index contributed by atoms with van der Waals surface area (Å²) in [7, 11) is 0. The van der Waals surface area contributed by atoms with E-state index in [0.717, 1.165) is 31.6 Å². The number of halogens is 1. The monoisotopic (exact) mass is 318 g/mol. The SMILES string of the molecule is Cc1cc(NC(=O)CNc2c(F)cccc2N2CCCC2)no1. The summed E-state index contributed by atoms with van der Waals surface area (Å²) in [5.74, 6) is 0.287. The molecule has 2 aromatic rings. The van der Waals surface area contributed by atoms with Crippen LogP contribution >= 0.6 is 0 Å². The zero-order valence-electron chi connectivity index (χ0n) is 12.9. The third-order valence-electron chi connectivity index (χ3n) is 3.76. The smallest absolute Gasteiger partial charge is 0.244 e. The largest absolute Gasteiger partial charge is 0.372 e. The zero-order valence-corrected chi connectivity index (χ0v) is 12.9. The number of rotatable bonds is 5. The average Bonchev–Trinajstić information content (AvgIpc) is 3.17. The second kappa shape index (κ2) is 6.68. The van der Waals surface area contributed by atoms with Crippen LogP contribution in [0.25, 0.3) is 0 Å². The Balaban J connectivity index is 1.66. The fourth-order valence-corrected chi connectivity index (χ4v) is 2.69. The van der Waals surface area contributed by atoms with Gasteiger partial charge in [0.05, 0.1) is 17.9 Å². The molecule has 1 aromatic carbocycles. The topological polar surface area (TPSA) is 70.4 Å². The molecule has 7 heteroatoms. The Morgan fingerprint density at radius 2 is 2.17 bits per heavy atom. The van der Waals surface area contributed by atoms with Gasteiger partial charge in [-0.15, -0.1) is 0 Å². The van der Waals surface area contributed by atoms with Gasteiger partial charge < -0.3 is 20.1 Å². The van der Waals surface area contributed by atoms with Crippen molar-refractivity contribution in [2.45, 2.75) is 19.8 Å². The van der Waals surface area contributed by atoms with Crippen molar-refractivity contribution in [3.05, 3.63) is 35.8 Å². The molecule has 1 aliphatic rings. The molecule has 3 rings (SSSR count). The minimum atomic E-state index is -0.362. The molecule has 0 saturated carbocycles. The molecule has 0 radical (unpaired) electrons. The van der Waals surface area contributed by atoms with E-state index in [2.05, 4.69) is 20.7 Å². The van der Waals surface area contributed by atoms with Crippen LogP contribution in [-0.4, -0.2) is 30.7 Å². The van der Waals surface area contributed by atoms with Gasteiger partial charge >= 0.3 is 0 Å². The van der Waals surface area contributed by atoms with Gasteiger partial charge in [0, 0.05) is 19.2 Å². The first kappa shape index (κ1) is 15.3. The van der Waals surface area contributed by atoms with Crippen LogP contribution in [0.1, 0.15) is 18.6 Å². The Morgan fingerprint density at radius 1 is 1.39 bits per heavy atom. The standard InChI is InChI=1S/C16H19FN4O2/c1-11-9-14(20-23-11)19-15(22)10-18-16-12(17)5-4-6-13(16)21-7-2-3-8-21/h4-6,9,18H,2-3,7-8,10H2,1H3,(H,19,20,22). The first-order chi connectivity index (χ1) is 11.1. The predicted molar refractivity (Wildman–Crippen MR) is 86.2 cm³/mol. The Morgan fingerprint density at radius 3 is 2.87 bits per heavy atom. The Hall–Kier alpha value is -2.57. The quantitative estimate of drug-likeness (QED) is 0.887. The maximum absolute atomic E-state index is 14.1. The molecule has 6 nitrogen and oxygen atoms in total. The van der Waals surface area contributed by atoms with Crippen LogP contribution in [0.15, 0.2) is 28.8 Å². The van der Waals surface area contributed by atoms with Crippen LogP contribution in [0.5, 0.6) is 0 Å². The van der Waals surface area contributed by atoms with Crippen molar-refractivity contribution in [3.8, 4) is 0 Å². The lowest BCUT2D eigenvalue weighted by atomic mass is 10.2. The fourth-order valence-electron chi connectivity index (χ4n) is 2.69. The number of nitrogens with one attached hydrogen (secondary N) is 2. The molecular weight excluding hydrogens is 299 g/mol. The third kappa shape index (κ3) is 3.61. The molecule has 2 N–H and O–H groups in total. The van der Waals surface area contributed by atoms with Gasteiger partial charge in [0.25, 0.3) is 0 Å². The van der Waals surface area contributed by atoms with Crippen LogP contribution in [0.4, 0.5) is 21.6 Å². The number of amides is 1. The summed E-state index contributed by atoms with van der Waals surface area (Å²) in [4.78, 5) is 14.1. The number of benzene rings is 1. The maximum atomic E-state index is 14.1. The number of carbonyl (C=O) groups is 1. The minimum Gasteiger partial charge on any atom is -0.372 e. The van der Waals surface area contributed by atoms with Crippen molar-refractivity contribution in [1.29, 1.82) is 0 Å². The lowest BCUT2D eigenvalue weighted by molar-refractivity contribution is -0.114. The molecule has 0 bridgehead atoms. The first-order valence-electron chi connectivity index (χ1n) is 7.64. The highest BCUT2D eigenvalue weighted by Crippen LogP contribution is 2.31. The molecule has 1 saturated heterocycles. The van der Waals surface area contributed by atoms with Crippen LogP contribution in [-0.2, 0) is 4.79 Å². The lowest BCUT2D eigenvalue weighted by Crippen LogP contribution is -2.25. The fraction of sp³-hybridized carbons (Fsp3) is 0.375. The van der Waals surface area contributed by atoms with E-state index in [0.29, 0.717) is 17.3 Å². The molecule has 23 heavy (non-hydrogen) atoms. The van der Waals surface area contributed by atoms with E-state index in [4.69, 9.17) is 4.52 Å². The summed E-state index contributed by atoms with van der Waals surface area (Å²) < 4.78 is 19.0. The van der Waals surface area contributed by atoms with E-state index in [1.807, 2.05) is 6.07 Å². The number of aromatic nitrogens is 1. The Kier molecular flexibility index (Phi) is 4.45. The molecule has 0 atom stereocenters. The van der Waals surface area contributed by atoms with E-state index in [1.54, 1.807) is 19.1 Å². The van der Waals surface area contributed by atoms with Crippen molar-refractivity contribution >= 4 is 23.1 Å². The summed E-state index contributed by atoms with van der Waals surface area (Å²) in [5.41, 5.74) is 1.16. The molecule has 1 aliphatic heterocycles. The van der Waals surface area contributed by atoms with Crippen LogP contribution < -0.4 is 15.5 Å². The highest BCUT2D eigenvalue weighted by molar-refractivity contribution is 5.93. The van der Waals surface area contributed by atoms with E-state index >= 15 is 0 Å². The number of para-hydroxylation sites is 1. The first-order valence-corrected chi connectivity index (χ1v) is 7.64. The second-order valence-electron chi connectivity index (χ2n) is 5.55. The number of nitrogens with zero attached hydrogens (tertiary/aromatic N) is 2. The molecule has 1 aromatic heterocycles. The molecule has 1 amide bonds. The molecule has 0 aliphatic carbocycles. The maximum Gasteiger partial charge on any atom is 0.244 e. The number of aryl methyl sites for hydroxylation is 1. The average molecular weight is 318 g/mol. The van der Waals surface area contributed by atoms with E-state index < -0.39 is 0 Å². The van der Waals surface area contributed by atoms with E-state index in [1.165, 1.54) is 6.07 Å². The highest BCUT2D eigenvalue weighted by Gasteiger charge is 2.18. The van der Waals surface area contributed by atoms with Gasteiger partial charge in [-0.3, -0.25) is 4.79 Å². The van der Waals surface area contributed by atoms with Gasteiger partial charge in [0.15, 0.2) is 5.82 Å². The van der Waals surface area contributed by atoms with Gasteiger partial charge in [-0.05, 0) is 31.9 Å². The lowest BCUT2D eigenvalue weighted by Gasteiger charge is -2.22. The summed E-state index contributed by atoms with van der Waals surface area (Å²) in [6, 6.07) is 6.57. The Labute approximate surface area is 133 Å². The normalized spacial score (nSPS) is 14.1. The second-order valence-corrected chi connectivity index (χ2v) is 5.55. The Bertz CT molecular complexity index is 695. The minimum absolute atomic E-state index is 0.0479. The number of hydrogen-bond donors (Lipinski definition) is 2. The van der Waals surface area contributed by atoms with Crippen molar-refractivity contribution in [1.82, 2.24) is 5.16 Å². The molecule has 0 unspecified atom stereocenters. The van der Waals surface area contributed by atoms with Crippen LogP contribution in [0.3, 0.4) is 0 Å². The van der Waals surface area contributed by atoms with Crippen molar-refractivity contribution in [3.63, 3.8) is 0 Å². The van der Waals surface area contributed by atoms with Gasteiger partial charge in [0.2, 0.25) is 5.91 Å². The molecule has 2 heterocycles. The molecule has 0 spiro atoms. The van der Waals surface area contributed by atoms with Crippen molar-refractivity contribution in [2.24, 2.45) is 0 Å². The van der Waals surface area contributed by atoms with E-state index in [9.17, 15) is 9.18 Å². The molecule has 1 fully saturated rings. The summed E-state index contributed by atoms with van der Waals surface area (Å²) in [6.45, 7) is 3.50. The number of hydrogen-bond acceptors (Lipinski definition) is 5. The molecular formula is C16H19FN4O2. The van der Waals surface area contributed by atoms with Crippen molar-refractivity contribution < 1.29 is 13.7 Å². The van der Waals surface area contributed by atoms with Gasteiger partial charge in [-0.25, -0.2) is 4.39 Å². The van der Waals surface area contributed by atoms with E-state index in [-0.39, 0.29) is 18.3 Å². The number of carbonyl (C=O) groups excluding carboxylic acids is 1. The van der Waals surface area contributed by atoms with Crippen LogP contribution in [0.2, 0.25) is 0 Å². The summed E-state index contributed by atoms with van der Waals surface area (Å²) in [6.07, 6.45) is 2.20. The van der Waals surface area contributed by atoms with Gasteiger partial charge in [-0.2, -0.15) is 0 Å². The summed E-state index contributed by atoms with van der Waals surface area (Å²) >= 11 is 0. The van der Waals surface area contributed by atoms with Crippen molar-refractivity contribution in [2.75, 3.05) is 35.2 Å². The zero-order chi connectivity index (χ0) is 16.2. The van der Waals surface area contributed by atoms with Gasteiger partial charge in [-0.1, -0.05) is 11.2 Å². The predicted octanol–water partition coefficient (Wildman–Crippen LogP) is 2.77. The number of anilines is 3.